The number of unbranched alkanes of at least 4 members (excludes halogenated alkanes) is 1. The summed E-state index contributed by atoms with van der Waals surface area (Å²) in [6.45, 7) is 5.88. The summed E-state index contributed by atoms with van der Waals surface area (Å²) in [6, 6.07) is 29.9. The molecule has 0 saturated heterocycles. The number of sulfonamides is 1. The minimum Gasteiger partial charge on any atom is -0.354 e. The highest BCUT2D eigenvalue weighted by molar-refractivity contribution is 9.10. The van der Waals surface area contributed by atoms with Crippen LogP contribution in [0.4, 0.5) is 5.69 Å². The van der Waals surface area contributed by atoms with Gasteiger partial charge in [0, 0.05) is 24.0 Å². The van der Waals surface area contributed by atoms with Gasteiger partial charge in [0.15, 0.2) is 0 Å². The van der Waals surface area contributed by atoms with Gasteiger partial charge in [0.2, 0.25) is 11.8 Å². The van der Waals surface area contributed by atoms with E-state index in [1.165, 1.54) is 21.3 Å². The second kappa shape index (κ2) is 15.9. The van der Waals surface area contributed by atoms with Crippen LogP contribution in [0.15, 0.2) is 112 Å². The van der Waals surface area contributed by atoms with Crippen molar-refractivity contribution >= 4 is 43.5 Å². The molecule has 1 N–H and O–H groups in total. The van der Waals surface area contributed by atoms with Crippen molar-refractivity contribution < 1.29 is 18.0 Å². The molecule has 45 heavy (non-hydrogen) atoms. The fraction of sp³-hybridized carbons (Fsp3) is 0.278. The van der Waals surface area contributed by atoms with Crippen LogP contribution in [0.25, 0.3) is 0 Å². The van der Waals surface area contributed by atoms with E-state index in [0.717, 1.165) is 34.0 Å². The van der Waals surface area contributed by atoms with E-state index in [-0.39, 0.29) is 23.8 Å². The number of carbonyl (C=O) groups excluding carboxylic acids is 2. The van der Waals surface area contributed by atoms with Gasteiger partial charge in [-0.3, -0.25) is 13.9 Å². The van der Waals surface area contributed by atoms with Crippen molar-refractivity contribution in [2.24, 2.45) is 0 Å². The van der Waals surface area contributed by atoms with E-state index in [0.29, 0.717) is 17.8 Å². The van der Waals surface area contributed by atoms with Gasteiger partial charge in [0.1, 0.15) is 12.6 Å². The topological polar surface area (TPSA) is 86.8 Å². The van der Waals surface area contributed by atoms with Crippen molar-refractivity contribution in [2.45, 2.75) is 57.5 Å². The van der Waals surface area contributed by atoms with Crippen LogP contribution in [0.5, 0.6) is 0 Å². The number of aryl methyl sites for hydroxylation is 2. The van der Waals surface area contributed by atoms with E-state index in [9.17, 15) is 18.0 Å². The SMILES string of the molecule is CCCCNC(=O)[C@H](Cc1ccccc1)N(Cc1ccc(Br)cc1)C(=O)CN(c1cc(C)ccc1C)S(=O)(=O)c1ccccc1. The summed E-state index contributed by atoms with van der Waals surface area (Å²) in [7, 11) is -4.14. The monoisotopic (exact) mass is 689 g/mol. The maximum Gasteiger partial charge on any atom is 0.264 e. The number of amides is 2. The van der Waals surface area contributed by atoms with Gasteiger partial charge in [-0.15, -0.1) is 0 Å². The van der Waals surface area contributed by atoms with E-state index >= 15 is 0 Å². The third-order valence-electron chi connectivity index (χ3n) is 7.61. The molecule has 7 nitrogen and oxygen atoms in total. The Balaban J connectivity index is 1.81. The maximum absolute atomic E-state index is 14.6. The number of benzene rings is 4. The molecule has 0 aliphatic rings. The van der Waals surface area contributed by atoms with Crippen LogP contribution in [0.1, 0.15) is 42.0 Å². The molecule has 4 aromatic rings. The summed E-state index contributed by atoms with van der Waals surface area (Å²) in [4.78, 5) is 30.0. The highest BCUT2D eigenvalue weighted by atomic mass is 79.9. The summed E-state index contributed by atoms with van der Waals surface area (Å²) in [6.07, 6.45) is 1.99. The smallest absolute Gasteiger partial charge is 0.264 e. The summed E-state index contributed by atoms with van der Waals surface area (Å²) in [5, 5.41) is 3.02. The number of rotatable bonds is 14. The van der Waals surface area contributed by atoms with Gasteiger partial charge < -0.3 is 10.2 Å². The van der Waals surface area contributed by atoms with E-state index in [1.54, 1.807) is 24.3 Å². The van der Waals surface area contributed by atoms with Crippen molar-refractivity contribution in [2.75, 3.05) is 17.4 Å². The molecule has 236 valence electrons. The fourth-order valence-corrected chi connectivity index (χ4v) is 6.82. The van der Waals surface area contributed by atoms with Crippen LogP contribution in [0, 0.1) is 13.8 Å². The molecule has 4 rings (SSSR count). The molecule has 0 unspecified atom stereocenters. The average molecular weight is 691 g/mol. The summed E-state index contributed by atoms with van der Waals surface area (Å²) >= 11 is 3.47. The Morgan fingerprint density at radius 2 is 1.49 bits per heavy atom. The highest BCUT2D eigenvalue weighted by Crippen LogP contribution is 2.29. The molecule has 0 heterocycles. The molecule has 0 bridgehead atoms. The molecular formula is C36H40BrN3O4S. The molecule has 1 atom stereocenters. The lowest BCUT2D eigenvalue weighted by Crippen LogP contribution is -2.53. The molecule has 0 aliphatic carbocycles. The largest absolute Gasteiger partial charge is 0.354 e. The first-order chi connectivity index (χ1) is 21.6. The van der Waals surface area contributed by atoms with Crippen LogP contribution in [-0.4, -0.2) is 44.3 Å². The summed E-state index contributed by atoms with van der Waals surface area (Å²) in [5.41, 5.74) is 3.70. The van der Waals surface area contributed by atoms with Gasteiger partial charge in [0.25, 0.3) is 10.0 Å². The van der Waals surface area contributed by atoms with Crippen LogP contribution < -0.4 is 9.62 Å². The van der Waals surface area contributed by atoms with Crippen molar-refractivity contribution in [1.82, 2.24) is 10.2 Å². The Hall–Kier alpha value is -3.95. The van der Waals surface area contributed by atoms with Crippen LogP contribution in [-0.2, 0) is 32.6 Å². The lowest BCUT2D eigenvalue weighted by molar-refractivity contribution is -0.140. The van der Waals surface area contributed by atoms with Gasteiger partial charge in [0.05, 0.1) is 10.6 Å². The van der Waals surface area contributed by atoms with E-state index in [2.05, 4.69) is 21.2 Å². The van der Waals surface area contributed by atoms with Gasteiger partial charge in [-0.25, -0.2) is 8.42 Å². The predicted molar refractivity (Wildman–Crippen MR) is 183 cm³/mol. The van der Waals surface area contributed by atoms with Crippen molar-refractivity contribution in [3.05, 3.63) is 130 Å². The molecule has 4 aromatic carbocycles. The Kier molecular flexibility index (Phi) is 12.0. The van der Waals surface area contributed by atoms with Crippen molar-refractivity contribution in [1.29, 1.82) is 0 Å². The van der Waals surface area contributed by atoms with Gasteiger partial charge >= 0.3 is 0 Å². The Bertz CT molecular complexity index is 1680. The number of nitrogens with one attached hydrogen (secondary N) is 1. The number of anilines is 1. The first kappa shape index (κ1) is 33.9. The van der Waals surface area contributed by atoms with Crippen molar-refractivity contribution in [3.8, 4) is 0 Å². The zero-order valence-electron chi connectivity index (χ0n) is 25.9. The number of hydrogen-bond acceptors (Lipinski definition) is 4. The molecule has 0 radical (unpaired) electrons. The standard InChI is InChI=1S/C36H40BrN3O4S/c1-4-5-22-38-36(42)34(24-29-12-8-6-9-13-29)39(25-30-18-20-31(37)21-19-30)35(41)26-40(33-23-27(2)16-17-28(33)3)45(43,44)32-14-10-7-11-15-32/h6-21,23,34H,4-5,22,24-26H2,1-3H3,(H,38,42)/t34-/m0/s1. The average Bonchev–Trinajstić information content (AvgIpc) is 3.04. The molecule has 9 heteroatoms. The molecule has 0 aromatic heterocycles. The van der Waals surface area contributed by atoms with Gasteiger partial charge in [-0.1, -0.05) is 102 Å². The first-order valence-corrected chi connectivity index (χ1v) is 17.3. The highest BCUT2D eigenvalue weighted by Gasteiger charge is 2.35. The zero-order valence-corrected chi connectivity index (χ0v) is 28.4. The molecule has 0 saturated carbocycles. The van der Waals surface area contributed by atoms with Crippen molar-refractivity contribution in [3.63, 3.8) is 0 Å². The lowest BCUT2D eigenvalue weighted by Gasteiger charge is -2.34. The second-order valence-electron chi connectivity index (χ2n) is 11.1. The van der Waals surface area contributed by atoms with E-state index in [1.807, 2.05) is 87.5 Å². The first-order valence-electron chi connectivity index (χ1n) is 15.1. The Labute approximate surface area is 275 Å². The molecule has 0 spiro atoms. The predicted octanol–water partition coefficient (Wildman–Crippen LogP) is 6.82. The number of nitrogens with zero attached hydrogens (tertiary/aromatic N) is 2. The van der Waals surface area contributed by atoms with E-state index in [4.69, 9.17) is 0 Å². The number of carbonyl (C=O) groups is 2. The molecule has 0 aliphatic heterocycles. The maximum atomic E-state index is 14.6. The fourth-order valence-electron chi connectivity index (χ4n) is 5.07. The molecular weight excluding hydrogens is 650 g/mol. The Morgan fingerprint density at radius 1 is 0.844 bits per heavy atom. The Morgan fingerprint density at radius 3 is 2.13 bits per heavy atom. The second-order valence-corrected chi connectivity index (χ2v) is 13.9. The summed E-state index contributed by atoms with van der Waals surface area (Å²) < 4.78 is 30.4. The van der Waals surface area contributed by atoms with E-state index < -0.39 is 28.5 Å². The quantitative estimate of drug-likeness (QED) is 0.147. The number of halogens is 1. The van der Waals surface area contributed by atoms with Gasteiger partial charge in [-0.05, 0) is 72.9 Å². The van der Waals surface area contributed by atoms with Crippen LogP contribution in [0.2, 0.25) is 0 Å². The minimum absolute atomic E-state index is 0.0799. The summed E-state index contributed by atoms with van der Waals surface area (Å²) in [5.74, 6) is -0.758. The molecule has 0 fully saturated rings. The molecule has 2 amide bonds. The lowest BCUT2D eigenvalue weighted by atomic mass is 10.0. The third kappa shape index (κ3) is 9.05. The van der Waals surface area contributed by atoms with Gasteiger partial charge in [-0.2, -0.15) is 0 Å². The van der Waals surface area contributed by atoms with Crippen LogP contribution in [0.3, 0.4) is 0 Å². The number of hydrogen-bond donors (Lipinski definition) is 1. The minimum atomic E-state index is -4.14. The normalized spacial score (nSPS) is 11.9. The zero-order chi connectivity index (χ0) is 32.4. The third-order valence-corrected chi connectivity index (χ3v) is 9.91. The van der Waals surface area contributed by atoms with Crippen LogP contribution >= 0.6 is 15.9 Å².